The van der Waals surface area contributed by atoms with Crippen LogP contribution in [0.4, 0.5) is 0 Å². The zero-order valence-corrected chi connectivity index (χ0v) is 13.9. The number of aromatic amines is 1. The molecular weight excluding hydrogens is 274 g/mol. The Morgan fingerprint density at radius 1 is 1.20 bits per heavy atom. The molecule has 0 aliphatic rings. The van der Waals surface area contributed by atoms with Gasteiger partial charge in [0.25, 0.3) is 0 Å². The molecule has 0 unspecified atom stereocenters. The van der Waals surface area contributed by atoms with Crippen molar-refractivity contribution in [3.05, 3.63) is 18.0 Å². The van der Waals surface area contributed by atoms with Crippen LogP contribution < -0.4 is 5.32 Å². The third kappa shape index (κ3) is 4.61. The average molecular weight is 301 g/mol. The van der Waals surface area contributed by atoms with E-state index in [-0.39, 0.29) is 0 Å². The van der Waals surface area contributed by atoms with E-state index in [0.717, 1.165) is 5.69 Å². The van der Waals surface area contributed by atoms with Crippen LogP contribution in [0.5, 0.6) is 0 Å². The highest BCUT2D eigenvalue weighted by Gasteiger charge is 2.26. The summed E-state index contributed by atoms with van der Waals surface area (Å²) in [4.78, 5) is 3.36. The van der Waals surface area contributed by atoms with Crippen LogP contribution >= 0.6 is 0 Å². The van der Waals surface area contributed by atoms with Crippen molar-refractivity contribution in [3.8, 4) is 0 Å². The smallest absolute Gasteiger partial charge is 0.244 e. The number of rotatable bonds is 8. The van der Waals surface area contributed by atoms with Gasteiger partial charge < -0.3 is 10.3 Å². The van der Waals surface area contributed by atoms with Crippen molar-refractivity contribution < 1.29 is 8.42 Å². The number of nitrogens with zero attached hydrogens (tertiary/aromatic N) is 1. The molecule has 1 heterocycles. The Kier molecular flexibility index (Phi) is 6.23. The molecule has 0 bridgehead atoms. The Labute approximate surface area is 122 Å². The number of sulfonamides is 1. The summed E-state index contributed by atoms with van der Waals surface area (Å²) in [6.45, 7) is 9.86. The molecule has 20 heavy (non-hydrogen) atoms. The summed E-state index contributed by atoms with van der Waals surface area (Å²) in [5, 5.41) is 3.00. The highest BCUT2D eigenvalue weighted by molar-refractivity contribution is 7.89. The first-order chi connectivity index (χ1) is 9.27. The second kappa shape index (κ2) is 7.24. The molecule has 6 heteroatoms. The van der Waals surface area contributed by atoms with E-state index in [2.05, 4.69) is 10.3 Å². The van der Waals surface area contributed by atoms with Gasteiger partial charge in [0, 0.05) is 31.5 Å². The molecule has 0 atom stereocenters. The Hall–Kier alpha value is -0.850. The minimum atomic E-state index is -3.41. The predicted octanol–water partition coefficient (Wildman–Crippen LogP) is 2.04. The maximum absolute atomic E-state index is 12.7. The van der Waals surface area contributed by atoms with Crippen molar-refractivity contribution in [1.82, 2.24) is 14.6 Å². The largest absolute Gasteiger partial charge is 0.363 e. The summed E-state index contributed by atoms with van der Waals surface area (Å²) in [5.41, 5.74) is 0.875. The molecule has 0 aromatic carbocycles. The Morgan fingerprint density at radius 2 is 1.75 bits per heavy atom. The second-order valence-electron chi connectivity index (χ2n) is 6.00. The van der Waals surface area contributed by atoms with Gasteiger partial charge in [-0.1, -0.05) is 27.7 Å². The van der Waals surface area contributed by atoms with Crippen LogP contribution in [0.25, 0.3) is 0 Å². The minimum Gasteiger partial charge on any atom is -0.363 e. The fraction of sp³-hybridized carbons (Fsp3) is 0.714. The van der Waals surface area contributed by atoms with E-state index in [4.69, 9.17) is 0 Å². The first-order valence-electron chi connectivity index (χ1n) is 7.09. The molecule has 0 aliphatic carbocycles. The molecule has 116 valence electrons. The normalized spacial score (nSPS) is 12.8. The molecule has 1 rings (SSSR count). The molecule has 1 aromatic heterocycles. The molecule has 0 fully saturated rings. The van der Waals surface area contributed by atoms with Crippen molar-refractivity contribution in [3.63, 3.8) is 0 Å². The van der Waals surface area contributed by atoms with Crippen LogP contribution in [-0.2, 0) is 16.6 Å². The molecule has 0 spiro atoms. The number of hydrogen-bond acceptors (Lipinski definition) is 3. The van der Waals surface area contributed by atoms with Gasteiger partial charge in [0.05, 0.1) is 4.90 Å². The van der Waals surface area contributed by atoms with Gasteiger partial charge in [-0.3, -0.25) is 0 Å². The molecule has 5 nitrogen and oxygen atoms in total. The van der Waals surface area contributed by atoms with Crippen LogP contribution in [-0.4, -0.2) is 37.8 Å². The maximum Gasteiger partial charge on any atom is 0.244 e. The molecule has 0 saturated heterocycles. The summed E-state index contributed by atoms with van der Waals surface area (Å²) in [5.74, 6) is 0.610. The molecule has 0 aliphatic heterocycles. The van der Waals surface area contributed by atoms with E-state index < -0.39 is 10.0 Å². The monoisotopic (exact) mass is 301 g/mol. The van der Waals surface area contributed by atoms with Gasteiger partial charge in [-0.05, 0) is 24.9 Å². The van der Waals surface area contributed by atoms with Gasteiger partial charge in [-0.2, -0.15) is 4.31 Å². The van der Waals surface area contributed by atoms with E-state index >= 15 is 0 Å². The Morgan fingerprint density at radius 3 is 2.20 bits per heavy atom. The first-order valence-corrected chi connectivity index (χ1v) is 8.53. The summed E-state index contributed by atoms with van der Waals surface area (Å²) in [7, 11) is -1.58. The molecule has 0 radical (unpaired) electrons. The van der Waals surface area contributed by atoms with Gasteiger partial charge >= 0.3 is 0 Å². The summed E-state index contributed by atoms with van der Waals surface area (Å²) in [6.07, 6.45) is 1.58. The lowest BCUT2D eigenvalue weighted by Crippen LogP contribution is -2.36. The van der Waals surface area contributed by atoms with Crippen molar-refractivity contribution >= 4 is 10.0 Å². The lowest BCUT2D eigenvalue weighted by atomic mass is 10.2. The van der Waals surface area contributed by atoms with E-state index in [1.165, 1.54) is 0 Å². The van der Waals surface area contributed by atoms with Crippen LogP contribution in [0.1, 0.15) is 33.4 Å². The fourth-order valence-corrected chi connectivity index (χ4v) is 3.88. The Bertz CT molecular complexity index is 496. The maximum atomic E-state index is 12.7. The molecule has 2 N–H and O–H groups in total. The highest BCUT2D eigenvalue weighted by Crippen LogP contribution is 2.19. The number of aromatic nitrogens is 1. The topological polar surface area (TPSA) is 65.2 Å². The van der Waals surface area contributed by atoms with Gasteiger partial charge in [0.2, 0.25) is 10.0 Å². The van der Waals surface area contributed by atoms with Crippen LogP contribution in [0.3, 0.4) is 0 Å². The number of nitrogens with one attached hydrogen (secondary N) is 2. The van der Waals surface area contributed by atoms with Gasteiger partial charge in [-0.15, -0.1) is 0 Å². The van der Waals surface area contributed by atoms with E-state index in [0.29, 0.717) is 36.4 Å². The van der Waals surface area contributed by atoms with Crippen molar-refractivity contribution in [2.45, 2.75) is 39.1 Å². The van der Waals surface area contributed by atoms with Crippen LogP contribution in [0, 0.1) is 11.8 Å². The van der Waals surface area contributed by atoms with Gasteiger partial charge in [0.15, 0.2) is 0 Å². The standard InChI is InChI=1S/C14H27N3O2S/c1-11(2)9-17(10-12(3)4)20(18,19)14-6-13(7-15-5)16-8-14/h6,8,11-12,15-16H,7,9-10H2,1-5H3. The molecule has 1 aromatic rings. The van der Waals surface area contributed by atoms with Crippen molar-refractivity contribution in [2.24, 2.45) is 11.8 Å². The summed E-state index contributed by atoms with van der Waals surface area (Å²) >= 11 is 0. The van der Waals surface area contributed by atoms with Crippen molar-refractivity contribution in [2.75, 3.05) is 20.1 Å². The lowest BCUT2D eigenvalue weighted by molar-refractivity contribution is 0.333. The minimum absolute atomic E-state index is 0.305. The quantitative estimate of drug-likeness (QED) is 0.772. The predicted molar refractivity (Wildman–Crippen MR) is 82.0 cm³/mol. The zero-order valence-electron chi connectivity index (χ0n) is 13.1. The van der Waals surface area contributed by atoms with Gasteiger partial charge in [-0.25, -0.2) is 8.42 Å². The molecule has 0 saturated carbocycles. The number of H-pyrrole nitrogens is 1. The second-order valence-corrected chi connectivity index (χ2v) is 7.94. The van der Waals surface area contributed by atoms with E-state index in [9.17, 15) is 8.42 Å². The zero-order chi connectivity index (χ0) is 15.3. The summed E-state index contributed by atoms with van der Waals surface area (Å²) in [6, 6.07) is 1.71. The van der Waals surface area contributed by atoms with Crippen LogP contribution in [0.2, 0.25) is 0 Å². The van der Waals surface area contributed by atoms with E-state index in [1.807, 2.05) is 34.7 Å². The first kappa shape index (κ1) is 17.2. The van der Waals surface area contributed by atoms with Crippen molar-refractivity contribution in [1.29, 1.82) is 0 Å². The SMILES string of the molecule is CNCc1cc(S(=O)(=O)N(CC(C)C)CC(C)C)c[nH]1. The Balaban J connectivity index is 3.01. The third-order valence-electron chi connectivity index (χ3n) is 2.86. The average Bonchev–Trinajstić information content (AvgIpc) is 2.76. The fourth-order valence-electron chi connectivity index (χ4n) is 2.09. The molecular formula is C14H27N3O2S. The molecule has 0 amide bonds. The third-order valence-corrected chi connectivity index (χ3v) is 4.67. The van der Waals surface area contributed by atoms with Crippen LogP contribution in [0.15, 0.2) is 17.2 Å². The summed E-state index contributed by atoms with van der Waals surface area (Å²) < 4.78 is 27.0. The van der Waals surface area contributed by atoms with Gasteiger partial charge in [0.1, 0.15) is 0 Å². The van der Waals surface area contributed by atoms with E-state index in [1.54, 1.807) is 16.6 Å². The lowest BCUT2D eigenvalue weighted by Gasteiger charge is -2.25. The number of hydrogen-bond donors (Lipinski definition) is 2. The highest BCUT2D eigenvalue weighted by atomic mass is 32.2.